The Balaban J connectivity index is 3.61. The van der Waals surface area contributed by atoms with Crippen LogP contribution in [0.15, 0.2) is 25.3 Å². The third kappa shape index (κ3) is 13.8. The standard InChI is InChI=1S/C18H34O2/c1-4-7-10-12-15-19-17-18(14-9-6-3)20-16-13-11-8-5-2/h4-5,18H,1-2,6-17H2,3H3. The maximum atomic E-state index is 5.94. The van der Waals surface area contributed by atoms with Gasteiger partial charge >= 0.3 is 0 Å². The summed E-state index contributed by atoms with van der Waals surface area (Å²) in [5.74, 6) is 0. The minimum absolute atomic E-state index is 0.276. The first kappa shape index (κ1) is 19.4. The van der Waals surface area contributed by atoms with Crippen LogP contribution in [0.1, 0.15) is 64.7 Å². The van der Waals surface area contributed by atoms with Crippen molar-refractivity contribution >= 4 is 0 Å². The van der Waals surface area contributed by atoms with Crippen LogP contribution in [-0.2, 0) is 9.47 Å². The van der Waals surface area contributed by atoms with Crippen LogP contribution < -0.4 is 0 Å². The van der Waals surface area contributed by atoms with Gasteiger partial charge in [-0.3, -0.25) is 0 Å². The van der Waals surface area contributed by atoms with Crippen molar-refractivity contribution in [3.63, 3.8) is 0 Å². The zero-order valence-electron chi connectivity index (χ0n) is 13.4. The number of rotatable bonds is 16. The van der Waals surface area contributed by atoms with E-state index in [9.17, 15) is 0 Å². The van der Waals surface area contributed by atoms with Gasteiger partial charge in [0.05, 0.1) is 12.7 Å². The van der Waals surface area contributed by atoms with E-state index in [1.54, 1.807) is 0 Å². The normalized spacial score (nSPS) is 12.2. The predicted octanol–water partition coefficient (Wildman–Crippen LogP) is 5.29. The molecule has 0 aliphatic carbocycles. The molecule has 0 aromatic carbocycles. The molecule has 1 atom stereocenters. The van der Waals surface area contributed by atoms with E-state index in [4.69, 9.17) is 9.47 Å². The van der Waals surface area contributed by atoms with Gasteiger partial charge in [-0.1, -0.05) is 31.9 Å². The summed E-state index contributed by atoms with van der Waals surface area (Å²) in [7, 11) is 0. The molecule has 0 fully saturated rings. The van der Waals surface area contributed by atoms with Crippen molar-refractivity contribution in [2.24, 2.45) is 0 Å². The highest BCUT2D eigenvalue weighted by Crippen LogP contribution is 2.08. The summed E-state index contributed by atoms with van der Waals surface area (Å²) in [6.07, 6.45) is 14.5. The van der Waals surface area contributed by atoms with E-state index in [0.717, 1.165) is 51.9 Å². The Kier molecular flexibility index (Phi) is 16.0. The Morgan fingerprint density at radius 1 is 0.900 bits per heavy atom. The number of ether oxygens (including phenoxy) is 2. The van der Waals surface area contributed by atoms with Crippen LogP contribution in [0.2, 0.25) is 0 Å². The number of unbranched alkanes of at least 4 members (excludes halogenated alkanes) is 5. The predicted molar refractivity (Wildman–Crippen MR) is 88.2 cm³/mol. The molecule has 1 unspecified atom stereocenters. The van der Waals surface area contributed by atoms with Gasteiger partial charge in [-0.05, 0) is 44.9 Å². The maximum Gasteiger partial charge on any atom is 0.0808 e. The van der Waals surface area contributed by atoms with Gasteiger partial charge in [0.1, 0.15) is 0 Å². The summed E-state index contributed by atoms with van der Waals surface area (Å²) in [5.41, 5.74) is 0. The molecule has 118 valence electrons. The van der Waals surface area contributed by atoms with E-state index >= 15 is 0 Å². The molecule has 0 radical (unpaired) electrons. The van der Waals surface area contributed by atoms with Gasteiger partial charge in [0.2, 0.25) is 0 Å². The summed E-state index contributed by atoms with van der Waals surface area (Å²) < 4.78 is 11.7. The zero-order chi connectivity index (χ0) is 14.9. The molecular weight excluding hydrogens is 248 g/mol. The Morgan fingerprint density at radius 3 is 2.15 bits per heavy atom. The lowest BCUT2D eigenvalue weighted by Crippen LogP contribution is -2.21. The first-order valence-corrected chi connectivity index (χ1v) is 8.26. The minimum atomic E-state index is 0.276. The number of hydrogen-bond acceptors (Lipinski definition) is 2. The Morgan fingerprint density at radius 2 is 1.55 bits per heavy atom. The number of hydrogen-bond donors (Lipinski definition) is 0. The zero-order valence-corrected chi connectivity index (χ0v) is 13.4. The molecule has 0 spiro atoms. The Labute approximate surface area is 126 Å². The third-order valence-electron chi connectivity index (χ3n) is 3.29. The van der Waals surface area contributed by atoms with Crippen molar-refractivity contribution in [2.45, 2.75) is 70.8 Å². The van der Waals surface area contributed by atoms with Crippen LogP contribution in [-0.4, -0.2) is 25.9 Å². The third-order valence-corrected chi connectivity index (χ3v) is 3.29. The molecule has 0 aromatic heterocycles. The summed E-state index contributed by atoms with van der Waals surface area (Å²) in [6, 6.07) is 0. The van der Waals surface area contributed by atoms with Crippen molar-refractivity contribution in [1.29, 1.82) is 0 Å². The van der Waals surface area contributed by atoms with E-state index in [-0.39, 0.29) is 6.10 Å². The van der Waals surface area contributed by atoms with Crippen LogP contribution in [0.5, 0.6) is 0 Å². The molecule has 0 N–H and O–H groups in total. The van der Waals surface area contributed by atoms with Crippen LogP contribution >= 0.6 is 0 Å². The van der Waals surface area contributed by atoms with Crippen molar-refractivity contribution in [2.75, 3.05) is 19.8 Å². The molecule has 0 bridgehead atoms. The van der Waals surface area contributed by atoms with E-state index < -0.39 is 0 Å². The molecule has 0 aliphatic heterocycles. The van der Waals surface area contributed by atoms with Gasteiger partial charge in [-0.2, -0.15) is 0 Å². The quantitative estimate of drug-likeness (QED) is 0.283. The highest BCUT2D eigenvalue weighted by atomic mass is 16.5. The van der Waals surface area contributed by atoms with Gasteiger partial charge in [0.15, 0.2) is 0 Å². The van der Waals surface area contributed by atoms with Crippen molar-refractivity contribution in [1.82, 2.24) is 0 Å². The monoisotopic (exact) mass is 282 g/mol. The molecule has 20 heavy (non-hydrogen) atoms. The van der Waals surface area contributed by atoms with Crippen LogP contribution in [0.4, 0.5) is 0 Å². The average molecular weight is 282 g/mol. The van der Waals surface area contributed by atoms with E-state index in [1.807, 2.05) is 12.2 Å². The van der Waals surface area contributed by atoms with Crippen molar-refractivity contribution in [3.8, 4) is 0 Å². The van der Waals surface area contributed by atoms with E-state index in [1.165, 1.54) is 25.7 Å². The molecule has 0 saturated heterocycles. The number of allylic oxidation sites excluding steroid dienone is 2. The summed E-state index contributed by atoms with van der Waals surface area (Å²) in [5, 5.41) is 0. The van der Waals surface area contributed by atoms with Crippen molar-refractivity contribution in [3.05, 3.63) is 25.3 Å². The molecule has 0 rings (SSSR count). The lowest BCUT2D eigenvalue weighted by molar-refractivity contribution is -0.0230. The van der Waals surface area contributed by atoms with Gasteiger partial charge in [0.25, 0.3) is 0 Å². The summed E-state index contributed by atoms with van der Waals surface area (Å²) >= 11 is 0. The molecule has 0 heterocycles. The first-order chi connectivity index (χ1) is 9.85. The van der Waals surface area contributed by atoms with Gasteiger partial charge in [-0.25, -0.2) is 0 Å². The summed E-state index contributed by atoms with van der Waals surface area (Å²) in [4.78, 5) is 0. The average Bonchev–Trinajstić information content (AvgIpc) is 2.47. The van der Waals surface area contributed by atoms with Crippen LogP contribution in [0.25, 0.3) is 0 Å². The lowest BCUT2D eigenvalue weighted by atomic mass is 10.1. The van der Waals surface area contributed by atoms with Gasteiger partial charge in [0, 0.05) is 13.2 Å². The maximum absolute atomic E-state index is 5.94. The topological polar surface area (TPSA) is 18.5 Å². The SMILES string of the molecule is C=CCCCCOCC(CCCC)OCCCCC=C. The highest BCUT2D eigenvalue weighted by molar-refractivity contribution is 4.66. The van der Waals surface area contributed by atoms with Crippen LogP contribution in [0, 0.1) is 0 Å². The van der Waals surface area contributed by atoms with Gasteiger partial charge < -0.3 is 9.47 Å². The second-order valence-electron chi connectivity index (χ2n) is 5.28. The highest BCUT2D eigenvalue weighted by Gasteiger charge is 2.08. The molecule has 0 amide bonds. The molecule has 2 heteroatoms. The molecule has 2 nitrogen and oxygen atoms in total. The molecule has 0 saturated carbocycles. The fraction of sp³-hybridized carbons (Fsp3) is 0.778. The summed E-state index contributed by atoms with van der Waals surface area (Å²) in [6.45, 7) is 12.1. The second-order valence-corrected chi connectivity index (χ2v) is 5.28. The fourth-order valence-corrected chi connectivity index (χ4v) is 1.99. The first-order valence-electron chi connectivity index (χ1n) is 8.26. The fourth-order valence-electron chi connectivity index (χ4n) is 1.99. The van der Waals surface area contributed by atoms with Crippen molar-refractivity contribution < 1.29 is 9.47 Å². The molecule has 0 aliphatic rings. The molecule has 0 aromatic rings. The largest absolute Gasteiger partial charge is 0.379 e. The molecular formula is C18H34O2. The Hall–Kier alpha value is -0.600. The van der Waals surface area contributed by atoms with Crippen LogP contribution in [0.3, 0.4) is 0 Å². The minimum Gasteiger partial charge on any atom is -0.379 e. The Bertz CT molecular complexity index is 213. The second kappa shape index (κ2) is 16.5. The lowest BCUT2D eigenvalue weighted by Gasteiger charge is -2.18. The van der Waals surface area contributed by atoms with E-state index in [2.05, 4.69) is 20.1 Å². The van der Waals surface area contributed by atoms with Gasteiger partial charge in [-0.15, -0.1) is 13.2 Å². The smallest absolute Gasteiger partial charge is 0.0808 e. The van der Waals surface area contributed by atoms with E-state index in [0.29, 0.717) is 0 Å².